The first-order chi connectivity index (χ1) is 5.35. The first kappa shape index (κ1) is 10.2. The van der Waals surface area contributed by atoms with E-state index in [0.717, 1.165) is 12.0 Å². The molecular formula is C8H13NO2. The van der Waals surface area contributed by atoms with Gasteiger partial charge in [0.05, 0.1) is 19.1 Å². The van der Waals surface area contributed by atoms with Gasteiger partial charge >= 0.3 is 0 Å². The lowest BCUT2D eigenvalue weighted by Gasteiger charge is -2.01. The second-order valence-corrected chi connectivity index (χ2v) is 2.07. The summed E-state index contributed by atoms with van der Waals surface area (Å²) in [5, 5.41) is 16.6. The molecule has 0 fully saturated rings. The molecule has 0 heterocycles. The summed E-state index contributed by atoms with van der Waals surface area (Å²) in [7, 11) is 0. The van der Waals surface area contributed by atoms with E-state index < -0.39 is 0 Å². The maximum absolute atomic E-state index is 8.34. The van der Waals surface area contributed by atoms with Gasteiger partial charge in [-0.25, -0.2) is 0 Å². The monoisotopic (exact) mass is 155 g/mol. The predicted molar refractivity (Wildman–Crippen MR) is 41.6 cm³/mol. The number of rotatable bonds is 5. The molecule has 0 saturated heterocycles. The molecule has 0 rings (SSSR count). The summed E-state index contributed by atoms with van der Waals surface area (Å²) in [6, 6.07) is 2.06. The van der Waals surface area contributed by atoms with Crippen LogP contribution in [0.5, 0.6) is 0 Å². The van der Waals surface area contributed by atoms with Gasteiger partial charge in [-0.15, -0.1) is 0 Å². The summed E-state index contributed by atoms with van der Waals surface area (Å²) in [6.45, 7) is 2.13. The van der Waals surface area contributed by atoms with Crippen LogP contribution in [0.1, 0.15) is 19.8 Å². The Hall–Kier alpha value is -0.850. The van der Waals surface area contributed by atoms with Gasteiger partial charge in [-0.3, -0.25) is 0 Å². The van der Waals surface area contributed by atoms with Gasteiger partial charge in [0.25, 0.3) is 0 Å². The molecular weight excluding hydrogens is 142 g/mol. The van der Waals surface area contributed by atoms with E-state index in [2.05, 4.69) is 6.07 Å². The minimum atomic E-state index is -0.246. The fraction of sp³-hybridized carbons (Fsp3) is 0.625. The lowest BCUT2D eigenvalue weighted by molar-refractivity contribution is 0.000188. The average molecular weight is 155 g/mol. The van der Waals surface area contributed by atoms with Crippen molar-refractivity contribution in [2.45, 2.75) is 19.8 Å². The van der Waals surface area contributed by atoms with Crippen molar-refractivity contribution in [3.05, 3.63) is 11.6 Å². The van der Waals surface area contributed by atoms with Crippen molar-refractivity contribution < 1.29 is 9.84 Å². The minimum absolute atomic E-state index is 0.246. The normalized spacial score (nSPS) is 11.2. The summed E-state index contributed by atoms with van der Waals surface area (Å²) < 4.78 is 4.72. The zero-order chi connectivity index (χ0) is 8.53. The number of hydrogen-bond donors (Lipinski definition) is 1. The van der Waals surface area contributed by atoms with E-state index in [-0.39, 0.29) is 6.79 Å². The van der Waals surface area contributed by atoms with Crippen LogP contribution in [0.3, 0.4) is 0 Å². The van der Waals surface area contributed by atoms with Crippen molar-refractivity contribution in [1.82, 2.24) is 0 Å². The van der Waals surface area contributed by atoms with E-state index >= 15 is 0 Å². The molecule has 0 unspecified atom stereocenters. The lowest BCUT2D eigenvalue weighted by Crippen LogP contribution is -1.96. The minimum Gasteiger partial charge on any atom is -0.371 e. The van der Waals surface area contributed by atoms with E-state index in [4.69, 9.17) is 15.1 Å². The van der Waals surface area contributed by atoms with E-state index in [1.54, 1.807) is 0 Å². The Bertz CT molecular complexity index is 158. The van der Waals surface area contributed by atoms with E-state index in [0.29, 0.717) is 13.0 Å². The van der Waals surface area contributed by atoms with Crippen molar-refractivity contribution >= 4 is 0 Å². The Morgan fingerprint density at radius 2 is 2.45 bits per heavy atom. The highest BCUT2D eigenvalue weighted by Crippen LogP contribution is 2.05. The number of ether oxygens (including phenoxy) is 1. The molecule has 0 aliphatic carbocycles. The SMILES string of the molecule is CC=C(CC#N)CCOCO. The first-order valence-electron chi connectivity index (χ1n) is 3.54. The van der Waals surface area contributed by atoms with Gasteiger partial charge in [0.15, 0.2) is 0 Å². The molecule has 11 heavy (non-hydrogen) atoms. The van der Waals surface area contributed by atoms with Crippen molar-refractivity contribution in [3.63, 3.8) is 0 Å². The van der Waals surface area contributed by atoms with Gasteiger partial charge in [0.2, 0.25) is 0 Å². The van der Waals surface area contributed by atoms with Gasteiger partial charge in [-0.1, -0.05) is 11.6 Å². The number of hydrogen-bond acceptors (Lipinski definition) is 3. The summed E-state index contributed by atoms with van der Waals surface area (Å²) in [5.41, 5.74) is 1.06. The fourth-order valence-corrected chi connectivity index (χ4v) is 0.704. The number of nitriles is 1. The van der Waals surface area contributed by atoms with Gasteiger partial charge in [-0.05, 0) is 13.3 Å². The smallest absolute Gasteiger partial charge is 0.143 e. The van der Waals surface area contributed by atoms with Gasteiger partial charge in [0, 0.05) is 0 Å². The lowest BCUT2D eigenvalue weighted by atomic mass is 10.1. The molecule has 0 aromatic heterocycles. The van der Waals surface area contributed by atoms with Crippen LogP contribution in [0, 0.1) is 11.3 Å². The quantitative estimate of drug-likeness (QED) is 0.369. The Labute approximate surface area is 66.9 Å². The third-order valence-electron chi connectivity index (χ3n) is 1.37. The van der Waals surface area contributed by atoms with Gasteiger partial charge in [0.1, 0.15) is 6.79 Å². The van der Waals surface area contributed by atoms with Crippen molar-refractivity contribution in [3.8, 4) is 6.07 Å². The molecule has 0 saturated carbocycles. The van der Waals surface area contributed by atoms with Gasteiger partial charge in [-0.2, -0.15) is 5.26 Å². The predicted octanol–water partition coefficient (Wildman–Crippen LogP) is 1.20. The van der Waals surface area contributed by atoms with Crippen LogP contribution in [0.15, 0.2) is 11.6 Å². The zero-order valence-corrected chi connectivity index (χ0v) is 6.71. The van der Waals surface area contributed by atoms with Crippen LogP contribution in [0.2, 0.25) is 0 Å². The number of allylic oxidation sites excluding steroid dienone is 1. The zero-order valence-electron chi connectivity index (χ0n) is 6.71. The Kier molecular flexibility index (Phi) is 6.70. The first-order valence-corrected chi connectivity index (χ1v) is 3.54. The second-order valence-electron chi connectivity index (χ2n) is 2.07. The number of nitrogens with zero attached hydrogens (tertiary/aromatic N) is 1. The largest absolute Gasteiger partial charge is 0.371 e. The molecule has 62 valence electrons. The van der Waals surface area contributed by atoms with Crippen LogP contribution >= 0.6 is 0 Å². The van der Waals surface area contributed by atoms with Crippen LogP contribution < -0.4 is 0 Å². The summed E-state index contributed by atoms with van der Waals surface area (Å²) in [4.78, 5) is 0. The number of aliphatic hydroxyl groups excluding tert-OH is 1. The average Bonchev–Trinajstić information content (AvgIpc) is 2.03. The van der Waals surface area contributed by atoms with Gasteiger partial charge < -0.3 is 9.84 Å². The summed E-state index contributed by atoms with van der Waals surface area (Å²) >= 11 is 0. The highest BCUT2D eigenvalue weighted by atomic mass is 16.6. The molecule has 0 aliphatic heterocycles. The van der Waals surface area contributed by atoms with Crippen LogP contribution in [-0.2, 0) is 4.74 Å². The molecule has 0 amide bonds. The standard InChI is InChI=1S/C8H13NO2/c1-2-8(3-5-9)4-6-11-7-10/h2,10H,3-4,6-7H2,1H3. The fourth-order valence-electron chi connectivity index (χ4n) is 0.704. The third kappa shape index (κ3) is 5.59. The van der Waals surface area contributed by atoms with Crippen LogP contribution in [0.4, 0.5) is 0 Å². The maximum atomic E-state index is 8.34. The maximum Gasteiger partial charge on any atom is 0.143 e. The second kappa shape index (κ2) is 7.26. The van der Waals surface area contributed by atoms with Crippen molar-refractivity contribution in [1.29, 1.82) is 5.26 Å². The molecule has 0 aromatic rings. The number of aliphatic hydroxyl groups is 1. The Morgan fingerprint density at radius 3 is 2.91 bits per heavy atom. The third-order valence-corrected chi connectivity index (χ3v) is 1.37. The van der Waals surface area contributed by atoms with Crippen LogP contribution in [-0.4, -0.2) is 18.5 Å². The van der Waals surface area contributed by atoms with E-state index in [9.17, 15) is 0 Å². The molecule has 3 nitrogen and oxygen atoms in total. The Balaban J connectivity index is 3.47. The van der Waals surface area contributed by atoms with Crippen molar-refractivity contribution in [2.75, 3.05) is 13.4 Å². The molecule has 1 N–H and O–H groups in total. The molecule has 0 aromatic carbocycles. The van der Waals surface area contributed by atoms with E-state index in [1.807, 2.05) is 13.0 Å². The van der Waals surface area contributed by atoms with Crippen LogP contribution in [0.25, 0.3) is 0 Å². The molecule has 0 radical (unpaired) electrons. The summed E-state index contributed by atoms with van der Waals surface area (Å²) in [5.74, 6) is 0. The van der Waals surface area contributed by atoms with E-state index in [1.165, 1.54) is 0 Å². The molecule has 0 atom stereocenters. The highest BCUT2D eigenvalue weighted by molar-refractivity contribution is 5.06. The summed E-state index contributed by atoms with van der Waals surface area (Å²) in [6.07, 6.45) is 3.08. The Morgan fingerprint density at radius 1 is 1.73 bits per heavy atom. The molecule has 0 spiro atoms. The van der Waals surface area contributed by atoms with Crippen molar-refractivity contribution in [2.24, 2.45) is 0 Å². The molecule has 0 bridgehead atoms. The highest BCUT2D eigenvalue weighted by Gasteiger charge is 1.94. The molecule has 0 aliphatic rings. The topological polar surface area (TPSA) is 53.2 Å². The molecule has 3 heteroatoms.